The second-order valence-electron chi connectivity index (χ2n) is 5.04. The average Bonchev–Trinajstić information content (AvgIpc) is 2.99. The largest absolute Gasteiger partial charge is 0.508 e. The van der Waals surface area contributed by atoms with Gasteiger partial charge < -0.3 is 15.4 Å². The molecule has 1 aromatic heterocycles. The Labute approximate surface area is 122 Å². The van der Waals surface area contributed by atoms with Crippen LogP contribution in [0.4, 0.5) is 0 Å². The molecule has 5 nitrogen and oxygen atoms in total. The number of hydrogen-bond donors (Lipinski definition) is 2. The molecule has 0 amide bonds. The van der Waals surface area contributed by atoms with Crippen LogP contribution < -0.4 is 5.73 Å². The third-order valence-corrected chi connectivity index (χ3v) is 3.35. The van der Waals surface area contributed by atoms with Crippen molar-refractivity contribution >= 4 is 0 Å². The highest BCUT2D eigenvalue weighted by molar-refractivity contribution is 5.56. The van der Waals surface area contributed by atoms with Crippen molar-refractivity contribution in [2.24, 2.45) is 5.73 Å². The van der Waals surface area contributed by atoms with Gasteiger partial charge in [-0.15, -0.1) is 0 Å². The number of nitrogens with two attached hydrogens (primary N) is 1. The Bertz CT molecular complexity index is 751. The second kappa shape index (κ2) is 5.03. The molecule has 5 heteroatoms. The van der Waals surface area contributed by atoms with Crippen molar-refractivity contribution in [3.63, 3.8) is 0 Å². The van der Waals surface area contributed by atoms with Crippen molar-refractivity contribution in [3.8, 4) is 17.1 Å². The van der Waals surface area contributed by atoms with Crippen molar-refractivity contribution < 1.29 is 9.63 Å². The predicted octanol–water partition coefficient (Wildman–Crippen LogP) is 2.66. The lowest BCUT2D eigenvalue weighted by Gasteiger charge is -2.20. The van der Waals surface area contributed by atoms with Crippen molar-refractivity contribution in [1.29, 1.82) is 0 Å². The summed E-state index contributed by atoms with van der Waals surface area (Å²) in [6.07, 6.45) is 0. The molecule has 1 unspecified atom stereocenters. The number of benzene rings is 2. The number of nitrogens with zero attached hydrogens (tertiary/aromatic N) is 2. The fraction of sp³-hybridized carbons (Fsp3) is 0.125. The predicted molar refractivity (Wildman–Crippen MR) is 78.5 cm³/mol. The molecule has 0 radical (unpaired) electrons. The minimum Gasteiger partial charge on any atom is -0.508 e. The molecule has 106 valence electrons. The van der Waals surface area contributed by atoms with Crippen molar-refractivity contribution in [2.75, 3.05) is 0 Å². The van der Waals surface area contributed by atoms with Gasteiger partial charge in [0, 0.05) is 5.56 Å². The zero-order chi connectivity index (χ0) is 14.9. The van der Waals surface area contributed by atoms with Crippen LogP contribution in [0.5, 0.6) is 5.75 Å². The van der Waals surface area contributed by atoms with Gasteiger partial charge in [-0.1, -0.05) is 47.6 Å². The second-order valence-corrected chi connectivity index (χ2v) is 5.04. The van der Waals surface area contributed by atoms with Crippen LogP contribution in [0.1, 0.15) is 18.4 Å². The van der Waals surface area contributed by atoms with Gasteiger partial charge in [0.2, 0.25) is 5.82 Å². The summed E-state index contributed by atoms with van der Waals surface area (Å²) in [5, 5.41) is 13.5. The number of hydrogen-bond acceptors (Lipinski definition) is 5. The van der Waals surface area contributed by atoms with Gasteiger partial charge in [-0.3, -0.25) is 0 Å². The first kappa shape index (κ1) is 13.3. The SMILES string of the molecule is CC(N)(c1ccccc1)c1nc(-c2cccc(O)c2)no1. The Kier molecular flexibility index (Phi) is 3.19. The monoisotopic (exact) mass is 281 g/mol. The molecule has 0 aliphatic heterocycles. The minimum atomic E-state index is -0.872. The third-order valence-electron chi connectivity index (χ3n) is 3.35. The fourth-order valence-electron chi connectivity index (χ4n) is 2.10. The van der Waals surface area contributed by atoms with Gasteiger partial charge in [0.1, 0.15) is 11.3 Å². The zero-order valence-electron chi connectivity index (χ0n) is 11.5. The van der Waals surface area contributed by atoms with E-state index in [-0.39, 0.29) is 5.75 Å². The summed E-state index contributed by atoms with van der Waals surface area (Å²) < 4.78 is 5.31. The smallest absolute Gasteiger partial charge is 0.251 e. The summed E-state index contributed by atoms with van der Waals surface area (Å²) in [4.78, 5) is 4.36. The Balaban J connectivity index is 1.98. The van der Waals surface area contributed by atoms with Gasteiger partial charge in [-0.2, -0.15) is 4.98 Å². The number of phenols is 1. The van der Waals surface area contributed by atoms with E-state index in [1.54, 1.807) is 24.3 Å². The average molecular weight is 281 g/mol. The number of aromatic hydroxyl groups is 1. The first-order chi connectivity index (χ1) is 10.1. The van der Waals surface area contributed by atoms with Gasteiger partial charge in [-0.05, 0) is 24.6 Å². The molecular weight excluding hydrogens is 266 g/mol. The molecule has 3 rings (SSSR count). The van der Waals surface area contributed by atoms with Crippen molar-refractivity contribution in [2.45, 2.75) is 12.5 Å². The maximum atomic E-state index is 9.51. The van der Waals surface area contributed by atoms with Crippen LogP contribution >= 0.6 is 0 Å². The number of rotatable bonds is 3. The minimum absolute atomic E-state index is 0.150. The Morgan fingerprint density at radius 1 is 1.10 bits per heavy atom. The summed E-state index contributed by atoms with van der Waals surface area (Å²) in [5.41, 5.74) is 7.02. The zero-order valence-corrected chi connectivity index (χ0v) is 11.5. The number of aromatic nitrogens is 2. The molecule has 0 bridgehead atoms. The quantitative estimate of drug-likeness (QED) is 0.771. The molecule has 0 aliphatic rings. The Morgan fingerprint density at radius 3 is 2.57 bits per heavy atom. The van der Waals surface area contributed by atoms with Gasteiger partial charge in [0.15, 0.2) is 0 Å². The van der Waals surface area contributed by atoms with E-state index in [0.29, 0.717) is 17.3 Å². The standard InChI is InChI=1S/C16H15N3O2/c1-16(17,12-7-3-2-4-8-12)15-18-14(19-21-15)11-6-5-9-13(20)10-11/h2-10,20H,17H2,1H3. The summed E-state index contributed by atoms with van der Waals surface area (Å²) in [7, 11) is 0. The van der Waals surface area contributed by atoms with Gasteiger partial charge in [-0.25, -0.2) is 0 Å². The van der Waals surface area contributed by atoms with E-state index >= 15 is 0 Å². The van der Waals surface area contributed by atoms with Crippen LogP contribution in [0.25, 0.3) is 11.4 Å². The summed E-state index contributed by atoms with van der Waals surface area (Å²) in [5.74, 6) is 0.873. The molecule has 2 aromatic carbocycles. The van der Waals surface area contributed by atoms with E-state index < -0.39 is 5.54 Å². The van der Waals surface area contributed by atoms with Crippen molar-refractivity contribution in [1.82, 2.24) is 10.1 Å². The molecule has 0 spiro atoms. The normalized spacial score (nSPS) is 13.8. The van der Waals surface area contributed by atoms with E-state index in [2.05, 4.69) is 10.1 Å². The Morgan fingerprint density at radius 2 is 1.86 bits per heavy atom. The Hall–Kier alpha value is -2.66. The highest BCUT2D eigenvalue weighted by Gasteiger charge is 2.30. The van der Waals surface area contributed by atoms with E-state index in [1.165, 1.54) is 0 Å². The van der Waals surface area contributed by atoms with E-state index in [1.807, 2.05) is 37.3 Å². The van der Waals surface area contributed by atoms with E-state index in [9.17, 15) is 5.11 Å². The topological polar surface area (TPSA) is 85.2 Å². The van der Waals surface area contributed by atoms with Crippen LogP contribution in [0.2, 0.25) is 0 Å². The van der Waals surface area contributed by atoms with E-state index in [0.717, 1.165) is 5.56 Å². The van der Waals surface area contributed by atoms with E-state index in [4.69, 9.17) is 10.3 Å². The highest BCUT2D eigenvalue weighted by atomic mass is 16.5. The molecule has 0 fully saturated rings. The maximum Gasteiger partial charge on any atom is 0.251 e. The first-order valence-corrected chi connectivity index (χ1v) is 6.55. The molecule has 0 saturated carbocycles. The molecule has 3 aromatic rings. The van der Waals surface area contributed by atoms with Crippen LogP contribution in [-0.4, -0.2) is 15.2 Å². The van der Waals surface area contributed by atoms with Gasteiger partial charge in [0.25, 0.3) is 5.89 Å². The number of phenolic OH excluding ortho intramolecular Hbond substituents is 1. The van der Waals surface area contributed by atoms with Crippen LogP contribution in [0, 0.1) is 0 Å². The molecule has 1 atom stereocenters. The molecular formula is C16H15N3O2. The maximum absolute atomic E-state index is 9.51. The summed E-state index contributed by atoms with van der Waals surface area (Å²) in [6, 6.07) is 16.2. The lowest BCUT2D eigenvalue weighted by Crippen LogP contribution is -2.34. The van der Waals surface area contributed by atoms with Crippen LogP contribution in [0.3, 0.4) is 0 Å². The van der Waals surface area contributed by atoms with Crippen LogP contribution in [-0.2, 0) is 5.54 Å². The molecule has 3 N–H and O–H groups in total. The lowest BCUT2D eigenvalue weighted by molar-refractivity contribution is 0.325. The molecule has 0 saturated heterocycles. The molecule has 0 aliphatic carbocycles. The third kappa shape index (κ3) is 2.51. The molecule has 1 heterocycles. The van der Waals surface area contributed by atoms with Gasteiger partial charge >= 0.3 is 0 Å². The summed E-state index contributed by atoms with van der Waals surface area (Å²) in [6.45, 7) is 1.82. The summed E-state index contributed by atoms with van der Waals surface area (Å²) >= 11 is 0. The van der Waals surface area contributed by atoms with Crippen LogP contribution in [0.15, 0.2) is 59.1 Å². The van der Waals surface area contributed by atoms with Crippen molar-refractivity contribution in [3.05, 3.63) is 66.1 Å². The first-order valence-electron chi connectivity index (χ1n) is 6.55. The van der Waals surface area contributed by atoms with Gasteiger partial charge in [0.05, 0.1) is 0 Å². The lowest BCUT2D eigenvalue weighted by atomic mass is 9.93. The highest BCUT2D eigenvalue weighted by Crippen LogP contribution is 2.27. The molecule has 21 heavy (non-hydrogen) atoms. The fourth-order valence-corrected chi connectivity index (χ4v) is 2.10.